The molecule has 0 amide bonds. The van der Waals surface area contributed by atoms with Crippen molar-refractivity contribution in [2.75, 3.05) is 6.67 Å². The molecule has 0 aliphatic heterocycles. The van der Waals surface area contributed by atoms with E-state index in [4.69, 9.17) is 9.05 Å². The van der Waals surface area contributed by atoms with Crippen molar-refractivity contribution < 1.29 is 31.0 Å². The Kier molecular flexibility index (Phi) is 17.6. The maximum atomic E-state index is 13.8. The number of aromatic nitrogens is 14. The first kappa shape index (κ1) is 52.7. The number of alkyl halides is 5. The molecule has 0 saturated carbocycles. The Morgan fingerprint density at radius 2 is 0.973 bits per heavy atom. The lowest BCUT2D eigenvalue weighted by molar-refractivity contribution is 0.133. The molecule has 2 N–H and O–H groups in total. The molecule has 0 spiro atoms. The largest absolute Gasteiger partial charge is 0.332 e. The number of rotatable bonds is 22. The van der Waals surface area contributed by atoms with Gasteiger partial charge < -0.3 is 19.0 Å². The van der Waals surface area contributed by atoms with Crippen LogP contribution in [0.25, 0.3) is 45.2 Å². The number of halogens is 5. The van der Waals surface area contributed by atoms with Crippen LogP contribution in [0.1, 0.15) is 101 Å². The molecule has 0 aliphatic carbocycles. The average molecular weight is 1020 g/mol. The number of unbranched alkanes of at least 4 members (excludes halogenated alkanes) is 3. The number of aryl methyl sites for hydroxylation is 4. The van der Waals surface area contributed by atoms with Crippen molar-refractivity contribution in [1.29, 1.82) is 0 Å². The van der Waals surface area contributed by atoms with Crippen molar-refractivity contribution in [1.82, 2.24) is 68.5 Å². The summed E-state index contributed by atoms with van der Waals surface area (Å²) in [6.45, 7) is 1.53. The summed E-state index contributed by atoms with van der Waals surface area (Å²) in [6, 6.07) is 10.6. The van der Waals surface area contributed by atoms with E-state index in [2.05, 4.69) is 50.2 Å². The summed E-state index contributed by atoms with van der Waals surface area (Å²) in [7, 11) is 0. The van der Waals surface area contributed by atoms with E-state index in [1.807, 2.05) is 0 Å². The predicted molar refractivity (Wildman–Crippen MR) is 252 cm³/mol. The fourth-order valence-electron chi connectivity index (χ4n) is 7.64. The van der Waals surface area contributed by atoms with Gasteiger partial charge in [0.1, 0.15) is 34.1 Å². The van der Waals surface area contributed by atoms with Crippen LogP contribution in [0, 0.1) is 0 Å². The minimum Gasteiger partial charge on any atom is -0.332 e. The van der Waals surface area contributed by atoms with Gasteiger partial charge in [-0.05, 0) is 83.1 Å². The number of hydrogen-bond donors (Lipinski definition) is 2. The van der Waals surface area contributed by atoms with Gasteiger partial charge in [0, 0.05) is 57.8 Å². The zero-order valence-electron chi connectivity index (χ0n) is 39.5. The van der Waals surface area contributed by atoms with Crippen molar-refractivity contribution in [3.8, 4) is 23.2 Å². The van der Waals surface area contributed by atoms with Crippen LogP contribution in [0.2, 0.25) is 0 Å². The lowest BCUT2D eigenvalue weighted by Gasteiger charge is -2.14. The molecule has 0 aromatic carbocycles. The summed E-state index contributed by atoms with van der Waals surface area (Å²) in [5, 5.41) is 7.84. The van der Waals surface area contributed by atoms with Crippen LogP contribution in [0.15, 0.2) is 86.6 Å². The topological polar surface area (TPSA) is 283 Å². The maximum absolute atomic E-state index is 13.8. The zero-order valence-corrected chi connectivity index (χ0v) is 39.5. The number of nitrogens with zero attached hydrogens (tertiary/aromatic N) is 12. The molecule has 386 valence electrons. The molecule has 8 aromatic heterocycles. The molecule has 0 radical (unpaired) electrons. The monoisotopic (exact) mass is 1020 g/mol. The van der Waals surface area contributed by atoms with Crippen molar-refractivity contribution in [3.63, 3.8) is 0 Å². The van der Waals surface area contributed by atoms with Crippen molar-refractivity contribution in [2.45, 2.75) is 123 Å². The standard InChI is InChI=1S/C23H24F3N7O4.C23H25F2N7O4/c1-13(24)19-29-17-18(20(34)30-19)32(12-6-8-15(25)26)23(36)33(22(17)35)11-5-3-9-16-28-21(37-31-16)14-7-2-4-10-27-14;1-14(25)19-28-17-18(20(33)29-19)31(12-7-4-10-24)23(35)32(22(17)34)13-6-3-9-16-27-21(36-30-16)15-8-2-5-11-26-15/h2,4,7,10,13,15H,3,5-6,8-9,11-12H2,1H3,(H,29,30,34);2,5,8,11,14H,3-4,6-7,9-10,12-13H2,1H3,(H,28,29,33). The molecule has 0 aliphatic rings. The van der Waals surface area contributed by atoms with Crippen molar-refractivity contribution in [2.24, 2.45) is 0 Å². The van der Waals surface area contributed by atoms with E-state index in [0.717, 1.165) is 25.2 Å². The highest BCUT2D eigenvalue weighted by Gasteiger charge is 2.22. The third-order valence-electron chi connectivity index (χ3n) is 11.3. The van der Waals surface area contributed by atoms with E-state index < -0.39 is 71.0 Å². The van der Waals surface area contributed by atoms with E-state index >= 15 is 0 Å². The molecule has 8 heterocycles. The molecule has 22 nitrogen and oxygen atoms in total. The summed E-state index contributed by atoms with van der Waals surface area (Å²) in [5.41, 5.74) is -5.03. The minimum absolute atomic E-state index is 0.0218. The predicted octanol–water partition coefficient (Wildman–Crippen LogP) is 5.28. The van der Waals surface area contributed by atoms with Crippen LogP contribution in [-0.4, -0.2) is 81.6 Å². The second-order valence-corrected chi connectivity index (χ2v) is 16.6. The van der Waals surface area contributed by atoms with Crippen LogP contribution in [0.3, 0.4) is 0 Å². The van der Waals surface area contributed by atoms with E-state index in [1.165, 1.54) is 6.92 Å². The average Bonchev–Trinajstić information content (AvgIpc) is 4.07. The summed E-state index contributed by atoms with van der Waals surface area (Å²) < 4.78 is 80.0. The van der Waals surface area contributed by atoms with Gasteiger partial charge in [0.2, 0.25) is 6.43 Å². The number of H-pyrrole nitrogens is 2. The minimum atomic E-state index is -2.59. The molecule has 8 aromatic rings. The third kappa shape index (κ3) is 12.7. The summed E-state index contributed by atoms with van der Waals surface area (Å²) in [6.07, 6.45) is -0.216. The van der Waals surface area contributed by atoms with Gasteiger partial charge in [-0.2, -0.15) is 9.97 Å². The van der Waals surface area contributed by atoms with Gasteiger partial charge in [-0.3, -0.25) is 51.8 Å². The number of aromatic amines is 2. The molecule has 73 heavy (non-hydrogen) atoms. The van der Waals surface area contributed by atoms with Crippen molar-refractivity contribution >= 4 is 22.1 Å². The summed E-state index contributed by atoms with van der Waals surface area (Å²) >= 11 is 0. The van der Waals surface area contributed by atoms with Gasteiger partial charge in [0.05, 0.1) is 6.67 Å². The number of fused-ring (bicyclic) bond motifs is 2. The van der Waals surface area contributed by atoms with E-state index in [9.17, 15) is 50.7 Å². The van der Waals surface area contributed by atoms with Crippen molar-refractivity contribution in [3.05, 3.63) is 134 Å². The SMILES string of the molecule is CC(F)c1nc2c(=O)n(CCCCc3noc(-c4ccccn4)n3)c(=O)n(CCCC(F)F)c2c(=O)[nH]1.CC(F)c1nc2c(=O)n(CCCCc3noc(-c4ccccn4)n3)c(=O)n(CCCCF)c2c(=O)[nH]1. The Morgan fingerprint density at radius 1 is 0.548 bits per heavy atom. The quantitative estimate of drug-likeness (QED) is 0.0645. The van der Waals surface area contributed by atoms with E-state index in [0.29, 0.717) is 67.5 Å². The smallest absolute Gasteiger partial charge is 0.331 e. The Balaban J connectivity index is 0.000000214. The van der Waals surface area contributed by atoms with Gasteiger partial charge in [0.25, 0.3) is 34.0 Å². The third-order valence-corrected chi connectivity index (χ3v) is 11.3. The Bertz CT molecular complexity index is 3520. The molecule has 27 heteroatoms. The second kappa shape index (κ2) is 24.3. The summed E-state index contributed by atoms with van der Waals surface area (Å²) in [5.74, 6) is 0.778. The van der Waals surface area contributed by atoms with E-state index in [-0.39, 0.29) is 79.5 Å². The number of nitrogens with one attached hydrogen (secondary N) is 2. The zero-order chi connectivity index (χ0) is 52.2. The molecular weight excluding hydrogens is 972 g/mol. The summed E-state index contributed by atoms with van der Waals surface area (Å²) in [4.78, 5) is 107. The molecule has 0 saturated heterocycles. The first-order valence-corrected chi connectivity index (χ1v) is 23.3. The molecule has 2 atom stereocenters. The fraction of sp³-hybridized carbons (Fsp3) is 0.435. The van der Waals surface area contributed by atoms with E-state index in [1.54, 1.807) is 48.8 Å². The highest BCUT2D eigenvalue weighted by molar-refractivity contribution is 5.73. The highest BCUT2D eigenvalue weighted by atomic mass is 19.3. The molecule has 0 bridgehead atoms. The Labute approximate surface area is 408 Å². The molecule has 0 fully saturated rings. The van der Waals surface area contributed by atoms with Crippen LogP contribution in [-0.2, 0) is 39.0 Å². The first-order chi connectivity index (χ1) is 35.2. The lowest BCUT2D eigenvalue weighted by atomic mass is 10.2. The van der Waals surface area contributed by atoms with Gasteiger partial charge in [-0.25, -0.2) is 37.1 Å². The maximum Gasteiger partial charge on any atom is 0.331 e. The second-order valence-electron chi connectivity index (χ2n) is 16.6. The molecule has 8 rings (SSSR count). The van der Waals surface area contributed by atoms with Gasteiger partial charge in [0.15, 0.2) is 35.0 Å². The fourth-order valence-corrected chi connectivity index (χ4v) is 7.64. The van der Waals surface area contributed by atoms with Crippen LogP contribution in [0.4, 0.5) is 22.0 Å². The van der Waals surface area contributed by atoms with Crippen LogP contribution < -0.4 is 33.6 Å². The van der Waals surface area contributed by atoms with Crippen LogP contribution in [0.5, 0.6) is 0 Å². The number of pyridine rings is 2. The first-order valence-electron chi connectivity index (χ1n) is 23.3. The molecule has 2 unspecified atom stereocenters. The number of hydrogen-bond acceptors (Lipinski definition) is 16. The van der Waals surface area contributed by atoms with Gasteiger partial charge >= 0.3 is 11.4 Å². The normalized spacial score (nSPS) is 12.4. The molecular formula is C46H49F5N14O8. The van der Waals surface area contributed by atoms with Crippen LogP contribution >= 0.6 is 0 Å². The van der Waals surface area contributed by atoms with Gasteiger partial charge in [-0.1, -0.05) is 22.4 Å². The Hall–Kier alpha value is -8.13. The van der Waals surface area contributed by atoms with Gasteiger partial charge in [-0.15, -0.1) is 0 Å². The highest BCUT2D eigenvalue weighted by Crippen LogP contribution is 2.17. The Morgan fingerprint density at radius 3 is 1.37 bits per heavy atom. The lowest BCUT2D eigenvalue weighted by Crippen LogP contribution is -2.42.